The second kappa shape index (κ2) is 6.26. The number of hydrogen-bond donors (Lipinski definition) is 1. The van der Waals surface area contributed by atoms with E-state index in [1.54, 1.807) is 11.4 Å². The maximum absolute atomic E-state index is 12.2. The first-order valence-corrected chi connectivity index (χ1v) is 10.1. The lowest BCUT2D eigenvalue weighted by Crippen LogP contribution is -2.32. The van der Waals surface area contributed by atoms with Gasteiger partial charge in [0.2, 0.25) is 0 Å². The molecule has 0 saturated heterocycles. The Hall–Kier alpha value is 0.440. The third-order valence-electron chi connectivity index (χ3n) is 2.94. The van der Waals surface area contributed by atoms with E-state index in [0.717, 1.165) is 25.0 Å². The molecule has 1 aromatic rings. The van der Waals surface area contributed by atoms with E-state index in [4.69, 9.17) is 0 Å². The highest BCUT2D eigenvalue weighted by Crippen LogP contribution is 2.32. The van der Waals surface area contributed by atoms with Gasteiger partial charge < -0.3 is 0 Å². The van der Waals surface area contributed by atoms with Crippen LogP contribution in [0.25, 0.3) is 0 Å². The maximum Gasteiger partial charge on any atom is 0.251 e. The van der Waals surface area contributed by atoms with Crippen LogP contribution in [0.4, 0.5) is 0 Å². The van der Waals surface area contributed by atoms with E-state index < -0.39 is 10.0 Å². The lowest BCUT2D eigenvalue weighted by atomic mass is 10.3. The maximum atomic E-state index is 12.2. The predicted molar refractivity (Wildman–Crippen MR) is 81.9 cm³/mol. The van der Waals surface area contributed by atoms with E-state index in [1.165, 1.54) is 11.3 Å². The molecule has 2 atom stereocenters. The van der Waals surface area contributed by atoms with Gasteiger partial charge in [-0.2, -0.15) is 11.8 Å². The van der Waals surface area contributed by atoms with E-state index in [-0.39, 0.29) is 6.04 Å². The zero-order chi connectivity index (χ0) is 13.2. The van der Waals surface area contributed by atoms with Crippen molar-refractivity contribution >= 4 is 49.1 Å². The first-order valence-electron chi connectivity index (χ1n) is 5.90. The minimum absolute atomic E-state index is 0.0908. The third kappa shape index (κ3) is 3.50. The van der Waals surface area contributed by atoms with Crippen molar-refractivity contribution in [2.75, 3.05) is 5.75 Å². The van der Waals surface area contributed by atoms with Crippen LogP contribution in [0, 0.1) is 0 Å². The standard InChI is InChI=1S/C11H16BrNO2S3/c1-2-16-9-4-3-8(7-9)13-18(14,15)11-10(12)5-6-17-11/h5-6,8-9,13H,2-4,7H2,1H3. The number of sulfonamides is 1. The molecule has 1 aliphatic carbocycles. The molecule has 1 aliphatic rings. The highest BCUT2D eigenvalue weighted by Gasteiger charge is 2.29. The van der Waals surface area contributed by atoms with Crippen molar-refractivity contribution in [2.45, 2.75) is 41.7 Å². The van der Waals surface area contributed by atoms with Crippen molar-refractivity contribution in [1.82, 2.24) is 4.72 Å². The summed E-state index contributed by atoms with van der Waals surface area (Å²) in [7, 11) is -3.36. The molecule has 1 N–H and O–H groups in total. The Morgan fingerprint density at radius 3 is 2.94 bits per heavy atom. The zero-order valence-electron chi connectivity index (χ0n) is 10.1. The summed E-state index contributed by atoms with van der Waals surface area (Å²) in [6.07, 6.45) is 3.00. The molecule has 0 radical (unpaired) electrons. The minimum atomic E-state index is -3.36. The number of halogens is 1. The first-order chi connectivity index (χ1) is 8.53. The molecule has 0 aliphatic heterocycles. The Bertz CT molecular complexity index is 500. The summed E-state index contributed by atoms with van der Waals surface area (Å²) in [5, 5.41) is 2.39. The summed E-state index contributed by atoms with van der Waals surface area (Å²) in [4.78, 5) is 0. The lowest BCUT2D eigenvalue weighted by molar-refractivity contribution is 0.554. The zero-order valence-corrected chi connectivity index (χ0v) is 14.1. The van der Waals surface area contributed by atoms with E-state index in [2.05, 4.69) is 27.6 Å². The van der Waals surface area contributed by atoms with Gasteiger partial charge in [-0.3, -0.25) is 0 Å². The summed E-state index contributed by atoms with van der Waals surface area (Å²) in [5.41, 5.74) is 0. The molecule has 1 aromatic heterocycles. The van der Waals surface area contributed by atoms with Gasteiger partial charge in [-0.25, -0.2) is 13.1 Å². The van der Waals surface area contributed by atoms with Crippen LogP contribution in [0.15, 0.2) is 20.1 Å². The predicted octanol–water partition coefficient (Wildman–Crippen LogP) is 3.46. The Morgan fingerprint density at radius 2 is 2.33 bits per heavy atom. The highest BCUT2D eigenvalue weighted by molar-refractivity contribution is 9.10. The monoisotopic (exact) mass is 369 g/mol. The van der Waals surface area contributed by atoms with Crippen molar-refractivity contribution in [3.05, 3.63) is 15.9 Å². The SMILES string of the molecule is CCSC1CCC(NS(=O)(=O)c2sccc2Br)C1. The molecule has 102 valence electrons. The van der Waals surface area contributed by atoms with Crippen LogP contribution in [0.3, 0.4) is 0 Å². The van der Waals surface area contributed by atoms with Crippen molar-refractivity contribution < 1.29 is 8.42 Å². The molecule has 1 heterocycles. The number of hydrogen-bond acceptors (Lipinski definition) is 4. The molecule has 0 amide bonds. The summed E-state index contributed by atoms with van der Waals surface area (Å²) < 4.78 is 28.3. The number of rotatable bonds is 5. The molecule has 3 nitrogen and oxygen atoms in total. The van der Waals surface area contributed by atoms with Gasteiger partial charge in [0.05, 0.1) is 0 Å². The largest absolute Gasteiger partial charge is 0.251 e. The molecule has 0 bridgehead atoms. The molecular weight excluding hydrogens is 354 g/mol. The quantitative estimate of drug-likeness (QED) is 0.864. The Morgan fingerprint density at radius 1 is 1.56 bits per heavy atom. The van der Waals surface area contributed by atoms with Crippen LogP contribution in [-0.4, -0.2) is 25.5 Å². The Labute approximate surface area is 125 Å². The van der Waals surface area contributed by atoms with Crippen molar-refractivity contribution in [2.24, 2.45) is 0 Å². The van der Waals surface area contributed by atoms with Crippen LogP contribution in [0.5, 0.6) is 0 Å². The molecule has 7 heteroatoms. The van der Waals surface area contributed by atoms with Crippen molar-refractivity contribution in [3.8, 4) is 0 Å². The van der Waals surface area contributed by atoms with E-state index >= 15 is 0 Å². The molecule has 0 aromatic carbocycles. The van der Waals surface area contributed by atoms with Crippen LogP contribution >= 0.6 is 39.0 Å². The van der Waals surface area contributed by atoms with Gasteiger partial charge >= 0.3 is 0 Å². The molecular formula is C11H16BrNO2S3. The minimum Gasteiger partial charge on any atom is -0.207 e. The van der Waals surface area contributed by atoms with Gasteiger partial charge in [0.15, 0.2) is 0 Å². The lowest BCUT2D eigenvalue weighted by Gasteiger charge is -2.12. The van der Waals surface area contributed by atoms with Gasteiger partial charge in [-0.05, 0) is 52.4 Å². The van der Waals surface area contributed by atoms with Gasteiger partial charge in [0.1, 0.15) is 4.21 Å². The summed E-state index contributed by atoms with van der Waals surface area (Å²) in [6.45, 7) is 2.14. The smallest absolute Gasteiger partial charge is 0.207 e. The van der Waals surface area contributed by atoms with Crippen molar-refractivity contribution in [1.29, 1.82) is 0 Å². The van der Waals surface area contributed by atoms with Crippen LogP contribution in [-0.2, 0) is 10.0 Å². The molecule has 1 saturated carbocycles. The fourth-order valence-electron chi connectivity index (χ4n) is 2.18. The van der Waals surface area contributed by atoms with Crippen molar-refractivity contribution in [3.63, 3.8) is 0 Å². The molecule has 1 fully saturated rings. The van der Waals surface area contributed by atoms with E-state index in [0.29, 0.717) is 13.9 Å². The second-order valence-corrected chi connectivity index (χ2v) is 9.52. The van der Waals surface area contributed by atoms with Crippen LogP contribution in [0.1, 0.15) is 26.2 Å². The summed E-state index contributed by atoms with van der Waals surface area (Å²) in [5.74, 6) is 1.10. The summed E-state index contributed by atoms with van der Waals surface area (Å²) in [6, 6.07) is 1.86. The van der Waals surface area contributed by atoms with Crippen LogP contribution in [0.2, 0.25) is 0 Å². The van der Waals surface area contributed by atoms with Crippen LogP contribution < -0.4 is 4.72 Å². The van der Waals surface area contributed by atoms with E-state index in [1.807, 2.05) is 11.8 Å². The molecule has 18 heavy (non-hydrogen) atoms. The molecule has 2 rings (SSSR count). The van der Waals surface area contributed by atoms with E-state index in [9.17, 15) is 8.42 Å². The highest BCUT2D eigenvalue weighted by atomic mass is 79.9. The number of thioether (sulfide) groups is 1. The first kappa shape index (κ1) is 14.8. The second-order valence-electron chi connectivity index (χ2n) is 4.26. The van der Waals surface area contributed by atoms with Gasteiger partial charge in [-0.1, -0.05) is 6.92 Å². The van der Waals surface area contributed by atoms with Gasteiger partial charge in [-0.15, -0.1) is 11.3 Å². The van der Waals surface area contributed by atoms with Gasteiger partial charge in [0.25, 0.3) is 10.0 Å². The molecule has 0 spiro atoms. The van der Waals surface area contributed by atoms with Gasteiger partial charge in [0, 0.05) is 15.8 Å². The Kier molecular flexibility index (Phi) is 5.16. The normalized spacial score (nSPS) is 24.6. The third-order valence-corrected chi connectivity index (χ3v) is 8.36. The average Bonchev–Trinajstić information content (AvgIpc) is 2.88. The topological polar surface area (TPSA) is 46.2 Å². The summed E-state index contributed by atoms with van der Waals surface area (Å²) >= 11 is 6.45. The fourth-order valence-corrected chi connectivity index (χ4v) is 6.96. The Balaban J connectivity index is 2.00. The number of nitrogens with one attached hydrogen (secondary N) is 1. The number of thiophene rings is 1. The molecule has 2 unspecified atom stereocenters. The fraction of sp³-hybridized carbons (Fsp3) is 0.636. The average molecular weight is 370 g/mol.